The summed E-state index contributed by atoms with van der Waals surface area (Å²) >= 11 is 12.1. The van der Waals surface area contributed by atoms with Gasteiger partial charge >= 0.3 is 0 Å². The van der Waals surface area contributed by atoms with Crippen LogP contribution in [-0.4, -0.2) is 6.29 Å². The number of benzene rings is 2. The zero-order valence-electron chi connectivity index (χ0n) is 9.21. The number of aryl methyl sites for hydroxylation is 1. The van der Waals surface area contributed by atoms with Crippen molar-refractivity contribution in [1.82, 2.24) is 0 Å². The second kappa shape index (κ2) is 4.91. The lowest BCUT2D eigenvalue weighted by molar-refractivity contribution is 0.112. The standard InChI is InChI=1S/C14H10Cl2O/c1-9-2-3-10(8-17)6-12(9)13-7-11(15)4-5-14(13)16/h2-8H,1H3. The molecule has 0 fully saturated rings. The number of carbonyl (C=O) groups is 1. The normalized spacial score (nSPS) is 10.3. The van der Waals surface area contributed by atoms with Gasteiger partial charge in [-0.1, -0.05) is 35.3 Å². The molecular formula is C14H10Cl2O. The molecule has 0 amide bonds. The first-order valence-electron chi connectivity index (χ1n) is 5.13. The highest BCUT2D eigenvalue weighted by molar-refractivity contribution is 6.35. The summed E-state index contributed by atoms with van der Waals surface area (Å²) in [6.45, 7) is 1.97. The predicted molar refractivity (Wildman–Crippen MR) is 72.0 cm³/mol. The van der Waals surface area contributed by atoms with Gasteiger partial charge in [0.2, 0.25) is 0 Å². The second-order valence-electron chi connectivity index (χ2n) is 3.82. The van der Waals surface area contributed by atoms with Crippen molar-refractivity contribution >= 4 is 29.5 Å². The monoisotopic (exact) mass is 264 g/mol. The van der Waals surface area contributed by atoms with Crippen LogP contribution in [0, 0.1) is 6.92 Å². The first kappa shape index (κ1) is 12.2. The van der Waals surface area contributed by atoms with E-state index in [9.17, 15) is 4.79 Å². The van der Waals surface area contributed by atoms with Gasteiger partial charge in [0.25, 0.3) is 0 Å². The van der Waals surface area contributed by atoms with Crippen LogP contribution < -0.4 is 0 Å². The van der Waals surface area contributed by atoms with Crippen molar-refractivity contribution in [3.63, 3.8) is 0 Å². The molecule has 0 aliphatic heterocycles. The average Bonchev–Trinajstić information content (AvgIpc) is 2.33. The number of carbonyl (C=O) groups excluding carboxylic acids is 1. The Hall–Kier alpha value is -1.31. The number of halogens is 2. The van der Waals surface area contributed by atoms with Gasteiger partial charge in [0.1, 0.15) is 6.29 Å². The molecule has 0 aromatic heterocycles. The largest absolute Gasteiger partial charge is 0.298 e. The summed E-state index contributed by atoms with van der Waals surface area (Å²) in [7, 11) is 0. The molecule has 2 rings (SSSR count). The molecule has 3 heteroatoms. The SMILES string of the molecule is Cc1ccc(C=O)cc1-c1cc(Cl)ccc1Cl. The third-order valence-electron chi connectivity index (χ3n) is 2.62. The van der Waals surface area contributed by atoms with Crippen LogP contribution in [0.4, 0.5) is 0 Å². The van der Waals surface area contributed by atoms with Gasteiger partial charge in [-0.15, -0.1) is 0 Å². The Bertz CT molecular complexity index is 576. The van der Waals surface area contributed by atoms with E-state index in [0.717, 1.165) is 23.0 Å². The summed E-state index contributed by atoms with van der Waals surface area (Å²) in [6, 6.07) is 10.8. The zero-order valence-corrected chi connectivity index (χ0v) is 10.7. The lowest BCUT2D eigenvalue weighted by Gasteiger charge is -2.09. The predicted octanol–water partition coefficient (Wildman–Crippen LogP) is 4.78. The topological polar surface area (TPSA) is 17.1 Å². The van der Waals surface area contributed by atoms with Crippen LogP contribution in [0.3, 0.4) is 0 Å². The Balaban J connectivity index is 2.66. The fourth-order valence-electron chi connectivity index (χ4n) is 1.71. The molecule has 1 nitrogen and oxygen atoms in total. The number of aldehydes is 1. The van der Waals surface area contributed by atoms with Crippen molar-refractivity contribution in [3.8, 4) is 11.1 Å². The molecule has 2 aromatic carbocycles. The Kier molecular flexibility index (Phi) is 3.51. The Labute approximate surface area is 110 Å². The fraction of sp³-hybridized carbons (Fsp3) is 0.0714. The summed E-state index contributed by atoms with van der Waals surface area (Å²) in [5.74, 6) is 0. The molecule has 0 aliphatic carbocycles. The van der Waals surface area contributed by atoms with E-state index in [-0.39, 0.29) is 0 Å². The van der Waals surface area contributed by atoms with Crippen molar-refractivity contribution in [1.29, 1.82) is 0 Å². The minimum Gasteiger partial charge on any atom is -0.298 e. The van der Waals surface area contributed by atoms with E-state index in [1.54, 1.807) is 24.3 Å². The lowest BCUT2D eigenvalue weighted by Crippen LogP contribution is -1.88. The second-order valence-corrected chi connectivity index (χ2v) is 4.66. The summed E-state index contributed by atoms with van der Waals surface area (Å²) in [4.78, 5) is 10.8. The van der Waals surface area contributed by atoms with Crippen LogP contribution in [0.2, 0.25) is 10.0 Å². The van der Waals surface area contributed by atoms with Crippen molar-refractivity contribution in [2.75, 3.05) is 0 Å². The van der Waals surface area contributed by atoms with Crippen LogP contribution in [0.15, 0.2) is 36.4 Å². The highest BCUT2D eigenvalue weighted by atomic mass is 35.5. The van der Waals surface area contributed by atoms with Gasteiger partial charge in [-0.05, 0) is 42.3 Å². The molecular weight excluding hydrogens is 255 g/mol. The number of rotatable bonds is 2. The van der Waals surface area contributed by atoms with Crippen LogP contribution in [0.5, 0.6) is 0 Å². The van der Waals surface area contributed by atoms with Crippen LogP contribution in [-0.2, 0) is 0 Å². The van der Waals surface area contributed by atoms with E-state index in [1.807, 2.05) is 19.1 Å². The smallest absolute Gasteiger partial charge is 0.150 e. The van der Waals surface area contributed by atoms with Crippen LogP contribution in [0.25, 0.3) is 11.1 Å². The Morgan fingerprint density at radius 3 is 2.47 bits per heavy atom. The van der Waals surface area contributed by atoms with E-state index >= 15 is 0 Å². The molecule has 0 radical (unpaired) electrons. The van der Waals surface area contributed by atoms with Gasteiger partial charge in [-0.25, -0.2) is 0 Å². The minimum atomic E-state index is 0.625. The summed E-state index contributed by atoms with van der Waals surface area (Å²) in [5.41, 5.74) is 3.46. The Morgan fingerprint density at radius 2 is 1.76 bits per heavy atom. The van der Waals surface area contributed by atoms with E-state index in [1.165, 1.54) is 0 Å². The first-order chi connectivity index (χ1) is 8.11. The first-order valence-corrected chi connectivity index (χ1v) is 5.88. The van der Waals surface area contributed by atoms with Crippen molar-refractivity contribution < 1.29 is 4.79 Å². The van der Waals surface area contributed by atoms with Crippen molar-refractivity contribution in [3.05, 3.63) is 57.6 Å². The number of hydrogen-bond donors (Lipinski definition) is 0. The van der Waals surface area contributed by atoms with E-state index in [4.69, 9.17) is 23.2 Å². The molecule has 0 atom stereocenters. The lowest BCUT2D eigenvalue weighted by atomic mass is 9.98. The molecule has 0 heterocycles. The van der Waals surface area contributed by atoms with Gasteiger partial charge in [-0.3, -0.25) is 4.79 Å². The maximum Gasteiger partial charge on any atom is 0.150 e. The highest BCUT2D eigenvalue weighted by Crippen LogP contribution is 2.32. The van der Waals surface area contributed by atoms with Gasteiger partial charge < -0.3 is 0 Å². The molecule has 17 heavy (non-hydrogen) atoms. The van der Waals surface area contributed by atoms with E-state index in [2.05, 4.69) is 0 Å². The van der Waals surface area contributed by atoms with Gasteiger partial charge in [-0.2, -0.15) is 0 Å². The molecule has 0 unspecified atom stereocenters. The summed E-state index contributed by atoms with van der Waals surface area (Å²) in [6.07, 6.45) is 0.821. The van der Waals surface area contributed by atoms with E-state index in [0.29, 0.717) is 15.6 Å². The molecule has 0 bridgehead atoms. The summed E-state index contributed by atoms with van der Waals surface area (Å²) < 4.78 is 0. The van der Waals surface area contributed by atoms with Crippen LogP contribution >= 0.6 is 23.2 Å². The quantitative estimate of drug-likeness (QED) is 0.714. The molecule has 0 N–H and O–H groups in total. The van der Waals surface area contributed by atoms with Gasteiger partial charge in [0.15, 0.2) is 0 Å². The Morgan fingerprint density at radius 1 is 1.00 bits per heavy atom. The van der Waals surface area contributed by atoms with Crippen LogP contribution in [0.1, 0.15) is 15.9 Å². The highest BCUT2D eigenvalue weighted by Gasteiger charge is 2.08. The molecule has 0 saturated carbocycles. The number of hydrogen-bond acceptors (Lipinski definition) is 1. The average molecular weight is 265 g/mol. The van der Waals surface area contributed by atoms with Gasteiger partial charge in [0.05, 0.1) is 0 Å². The van der Waals surface area contributed by atoms with Crippen molar-refractivity contribution in [2.24, 2.45) is 0 Å². The molecule has 0 spiro atoms. The molecule has 86 valence electrons. The summed E-state index contributed by atoms with van der Waals surface area (Å²) in [5, 5.41) is 1.25. The maximum atomic E-state index is 10.8. The van der Waals surface area contributed by atoms with Gasteiger partial charge in [0, 0.05) is 21.2 Å². The minimum absolute atomic E-state index is 0.625. The van der Waals surface area contributed by atoms with Crippen molar-refractivity contribution in [2.45, 2.75) is 6.92 Å². The maximum absolute atomic E-state index is 10.8. The third kappa shape index (κ3) is 2.51. The fourth-order valence-corrected chi connectivity index (χ4v) is 2.10. The molecule has 2 aromatic rings. The molecule has 0 saturated heterocycles. The molecule has 0 aliphatic rings. The van der Waals surface area contributed by atoms with E-state index < -0.39 is 0 Å². The zero-order chi connectivity index (χ0) is 12.4. The third-order valence-corrected chi connectivity index (χ3v) is 3.18.